The van der Waals surface area contributed by atoms with Gasteiger partial charge >= 0.3 is 0 Å². The van der Waals surface area contributed by atoms with E-state index in [1.807, 2.05) is 31.2 Å². The minimum atomic E-state index is -0.526. The molecule has 0 bridgehead atoms. The average molecular weight is 342 g/mol. The second kappa shape index (κ2) is 6.42. The number of rotatable bonds is 4. The highest BCUT2D eigenvalue weighted by molar-refractivity contribution is 9.10. The zero-order chi connectivity index (χ0) is 13.8. The van der Waals surface area contributed by atoms with Crippen molar-refractivity contribution in [1.29, 1.82) is 0 Å². The molecule has 0 saturated carbocycles. The molecule has 0 radical (unpaired) electrons. The van der Waals surface area contributed by atoms with Crippen molar-refractivity contribution in [2.75, 3.05) is 0 Å². The number of aliphatic hydroxyl groups excluding tert-OH is 1. The van der Waals surface area contributed by atoms with E-state index >= 15 is 0 Å². The minimum absolute atomic E-state index is 0.526. The average Bonchev–Trinajstić information content (AvgIpc) is 2.41. The summed E-state index contributed by atoms with van der Waals surface area (Å²) in [5, 5.41) is 10.6. The molecule has 0 aromatic heterocycles. The van der Waals surface area contributed by atoms with Gasteiger partial charge in [-0.3, -0.25) is 0 Å². The van der Waals surface area contributed by atoms with E-state index in [0.717, 1.165) is 10.0 Å². The molecule has 100 valence electrons. The summed E-state index contributed by atoms with van der Waals surface area (Å²) in [5.74, 6) is 1.32. The molecule has 0 unspecified atom stereocenters. The topological polar surface area (TPSA) is 29.5 Å². The molecule has 2 nitrogen and oxygen atoms in total. The number of benzene rings is 2. The normalized spacial score (nSPS) is 12.2. The first-order chi connectivity index (χ1) is 9.11. The van der Waals surface area contributed by atoms with Gasteiger partial charge in [0.15, 0.2) is 0 Å². The largest absolute Gasteiger partial charge is 0.456 e. The van der Waals surface area contributed by atoms with Gasteiger partial charge in [0.2, 0.25) is 0 Å². The smallest absolute Gasteiger partial charge is 0.141 e. The molecule has 1 N–H and O–H groups in total. The third-order valence-electron chi connectivity index (χ3n) is 2.78. The maximum Gasteiger partial charge on any atom is 0.141 e. The fourth-order valence-electron chi connectivity index (χ4n) is 1.75. The van der Waals surface area contributed by atoms with Crippen LogP contribution >= 0.6 is 27.5 Å². The van der Waals surface area contributed by atoms with Gasteiger partial charge in [0, 0.05) is 10.6 Å². The first-order valence-corrected chi connectivity index (χ1v) is 7.18. The molecule has 0 saturated heterocycles. The van der Waals surface area contributed by atoms with Crippen molar-refractivity contribution in [2.45, 2.75) is 19.4 Å². The van der Waals surface area contributed by atoms with E-state index in [2.05, 4.69) is 15.9 Å². The van der Waals surface area contributed by atoms with Crippen LogP contribution in [0.1, 0.15) is 25.0 Å². The fourth-order valence-corrected chi connectivity index (χ4v) is 2.51. The molecule has 0 aliphatic heterocycles. The highest BCUT2D eigenvalue weighted by Gasteiger charge is 2.12. The summed E-state index contributed by atoms with van der Waals surface area (Å²) in [6.07, 6.45) is 0.115. The Hall–Kier alpha value is -1.03. The molecule has 0 amide bonds. The zero-order valence-electron chi connectivity index (χ0n) is 10.4. The van der Waals surface area contributed by atoms with E-state index in [4.69, 9.17) is 16.3 Å². The van der Waals surface area contributed by atoms with Crippen LogP contribution in [0.25, 0.3) is 0 Å². The van der Waals surface area contributed by atoms with Gasteiger partial charge < -0.3 is 9.84 Å². The van der Waals surface area contributed by atoms with Crippen LogP contribution in [0.2, 0.25) is 5.02 Å². The lowest BCUT2D eigenvalue weighted by Crippen LogP contribution is -1.98. The van der Waals surface area contributed by atoms with Crippen LogP contribution in [0.5, 0.6) is 11.5 Å². The van der Waals surface area contributed by atoms with Gasteiger partial charge in [-0.05, 0) is 46.6 Å². The van der Waals surface area contributed by atoms with Crippen molar-refractivity contribution in [3.05, 3.63) is 57.5 Å². The maximum absolute atomic E-state index is 9.99. The molecule has 2 rings (SSSR count). The Bertz CT molecular complexity index is 572. The number of hydrogen-bond acceptors (Lipinski definition) is 2. The molecule has 0 aliphatic carbocycles. The molecule has 0 aliphatic rings. The van der Waals surface area contributed by atoms with E-state index in [9.17, 15) is 5.11 Å². The van der Waals surface area contributed by atoms with E-state index in [1.54, 1.807) is 18.2 Å². The van der Waals surface area contributed by atoms with Gasteiger partial charge in [0.1, 0.15) is 11.5 Å². The van der Waals surface area contributed by atoms with Crippen molar-refractivity contribution in [2.24, 2.45) is 0 Å². The zero-order valence-corrected chi connectivity index (χ0v) is 12.8. The molecule has 0 fully saturated rings. The molecule has 0 heterocycles. The SMILES string of the molecule is CC[C@@H](O)c1ccccc1Oc1ccc(Cl)cc1Br. The number of aliphatic hydroxyl groups is 1. The molecule has 19 heavy (non-hydrogen) atoms. The number of hydrogen-bond donors (Lipinski definition) is 1. The summed E-state index contributed by atoms with van der Waals surface area (Å²) in [7, 11) is 0. The predicted octanol–water partition coefficient (Wildman–Crippen LogP) is 5.34. The number of para-hydroxylation sites is 1. The third-order valence-corrected chi connectivity index (χ3v) is 3.63. The Labute approximate surface area is 126 Å². The lowest BCUT2D eigenvalue weighted by atomic mass is 10.1. The summed E-state index contributed by atoms with van der Waals surface area (Å²) in [6.45, 7) is 1.93. The molecular weight excluding hydrogens is 328 g/mol. The van der Waals surface area contributed by atoms with Gasteiger partial charge in [-0.25, -0.2) is 0 Å². The van der Waals surface area contributed by atoms with Crippen LogP contribution < -0.4 is 4.74 Å². The van der Waals surface area contributed by atoms with Crippen molar-refractivity contribution >= 4 is 27.5 Å². The summed E-state index contributed by atoms with van der Waals surface area (Å²) in [5.41, 5.74) is 0.784. The Morgan fingerprint density at radius 1 is 1.21 bits per heavy atom. The standard InChI is InChI=1S/C15H14BrClO2/c1-2-13(18)11-5-3-4-6-14(11)19-15-8-7-10(17)9-12(15)16/h3-9,13,18H,2H2,1H3/t13-/m1/s1. The van der Waals surface area contributed by atoms with Crippen molar-refractivity contribution < 1.29 is 9.84 Å². The summed E-state index contributed by atoms with van der Waals surface area (Å²) < 4.78 is 6.63. The van der Waals surface area contributed by atoms with E-state index < -0.39 is 6.10 Å². The van der Waals surface area contributed by atoms with Crippen molar-refractivity contribution in [3.63, 3.8) is 0 Å². The summed E-state index contributed by atoms with van der Waals surface area (Å²) in [4.78, 5) is 0. The first kappa shape index (κ1) is 14.4. The van der Waals surface area contributed by atoms with Crippen molar-refractivity contribution in [3.8, 4) is 11.5 Å². The fraction of sp³-hybridized carbons (Fsp3) is 0.200. The van der Waals surface area contributed by atoms with E-state index in [1.165, 1.54) is 0 Å². The molecule has 2 aromatic rings. The van der Waals surface area contributed by atoms with E-state index in [0.29, 0.717) is 22.9 Å². The van der Waals surface area contributed by atoms with Crippen LogP contribution in [0.3, 0.4) is 0 Å². The lowest BCUT2D eigenvalue weighted by molar-refractivity contribution is 0.170. The lowest BCUT2D eigenvalue weighted by Gasteiger charge is -2.15. The maximum atomic E-state index is 9.99. The van der Waals surface area contributed by atoms with E-state index in [-0.39, 0.29) is 0 Å². The predicted molar refractivity (Wildman–Crippen MR) is 80.9 cm³/mol. The monoisotopic (exact) mass is 340 g/mol. The van der Waals surface area contributed by atoms with Gasteiger partial charge in [0.05, 0.1) is 10.6 Å². The highest BCUT2D eigenvalue weighted by Crippen LogP contribution is 2.35. The van der Waals surface area contributed by atoms with Gasteiger partial charge in [0.25, 0.3) is 0 Å². The van der Waals surface area contributed by atoms with Gasteiger partial charge in [-0.1, -0.05) is 36.7 Å². The second-order valence-corrected chi connectivity index (χ2v) is 5.43. The van der Waals surface area contributed by atoms with Crippen LogP contribution in [0.4, 0.5) is 0 Å². The number of ether oxygens (including phenoxy) is 1. The number of halogens is 2. The van der Waals surface area contributed by atoms with Crippen molar-refractivity contribution in [1.82, 2.24) is 0 Å². The Kier molecular flexibility index (Phi) is 4.86. The van der Waals surface area contributed by atoms with Crippen LogP contribution in [-0.4, -0.2) is 5.11 Å². The first-order valence-electron chi connectivity index (χ1n) is 6.01. The molecule has 1 atom stereocenters. The van der Waals surface area contributed by atoms with Crippen LogP contribution in [-0.2, 0) is 0 Å². The Morgan fingerprint density at radius 3 is 2.63 bits per heavy atom. The second-order valence-electron chi connectivity index (χ2n) is 4.14. The summed E-state index contributed by atoms with van der Waals surface area (Å²) in [6, 6.07) is 12.8. The molecular formula is C15H14BrClO2. The quantitative estimate of drug-likeness (QED) is 0.813. The molecule has 2 aromatic carbocycles. The third kappa shape index (κ3) is 3.50. The van der Waals surface area contributed by atoms with Crippen LogP contribution in [0, 0.1) is 0 Å². The highest BCUT2D eigenvalue weighted by atomic mass is 79.9. The van der Waals surface area contributed by atoms with Gasteiger partial charge in [-0.15, -0.1) is 0 Å². The Balaban J connectivity index is 2.33. The van der Waals surface area contributed by atoms with Gasteiger partial charge in [-0.2, -0.15) is 0 Å². The van der Waals surface area contributed by atoms with Crippen LogP contribution in [0.15, 0.2) is 46.9 Å². The minimum Gasteiger partial charge on any atom is -0.456 e. The molecule has 0 spiro atoms. The summed E-state index contributed by atoms with van der Waals surface area (Å²) >= 11 is 9.31. The Morgan fingerprint density at radius 2 is 1.95 bits per heavy atom. The molecule has 4 heteroatoms.